The number of rotatable bonds is 4. The zero-order valence-corrected chi connectivity index (χ0v) is 14.0. The van der Waals surface area contributed by atoms with Gasteiger partial charge in [-0.3, -0.25) is 9.59 Å². The molecule has 126 valence electrons. The van der Waals surface area contributed by atoms with Gasteiger partial charge in [-0.2, -0.15) is 0 Å². The predicted molar refractivity (Wildman–Crippen MR) is 84.1 cm³/mol. The summed E-state index contributed by atoms with van der Waals surface area (Å²) in [6.45, 7) is 0. The van der Waals surface area contributed by atoms with Crippen molar-refractivity contribution in [2.75, 3.05) is 18.6 Å². The Hall–Kier alpha value is -1.11. The number of nitrogens with one attached hydrogen (secondary N) is 1. The first kappa shape index (κ1) is 17.2. The van der Waals surface area contributed by atoms with Gasteiger partial charge in [-0.05, 0) is 19.3 Å². The largest absolute Gasteiger partial charge is 0.353 e. The van der Waals surface area contributed by atoms with Crippen LogP contribution in [0, 0.1) is 0 Å². The van der Waals surface area contributed by atoms with Crippen LogP contribution < -0.4 is 5.32 Å². The van der Waals surface area contributed by atoms with Crippen molar-refractivity contribution in [3.63, 3.8) is 0 Å². The molecule has 2 amide bonds. The molecule has 1 saturated carbocycles. The maximum Gasteiger partial charge on any atom is 0.232 e. The van der Waals surface area contributed by atoms with Crippen LogP contribution in [0.3, 0.4) is 0 Å². The summed E-state index contributed by atoms with van der Waals surface area (Å²) in [5.41, 5.74) is 0. The smallest absolute Gasteiger partial charge is 0.232 e. The van der Waals surface area contributed by atoms with Crippen molar-refractivity contribution < 1.29 is 18.0 Å². The molecule has 0 aromatic rings. The van der Waals surface area contributed by atoms with Gasteiger partial charge in [0.1, 0.15) is 6.42 Å². The molecule has 1 saturated heterocycles. The summed E-state index contributed by atoms with van der Waals surface area (Å²) in [6, 6.07) is -0.108. The lowest BCUT2D eigenvalue weighted by Crippen LogP contribution is -2.42. The minimum absolute atomic E-state index is 0.0134. The van der Waals surface area contributed by atoms with E-state index in [1.165, 1.54) is 17.7 Å². The fourth-order valence-electron chi connectivity index (χ4n) is 3.25. The van der Waals surface area contributed by atoms with E-state index in [0.29, 0.717) is 6.42 Å². The number of sulfone groups is 1. The Bertz CT molecular complexity index is 510. The molecule has 6 nitrogen and oxygen atoms in total. The van der Waals surface area contributed by atoms with Gasteiger partial charge in [0.25, 0.3) is 0 Å². The number of nitrogens with zero attached hydrogens (tertiary/aromatic N) is 1. The average Bonchev–Trinajstić information content (AvgIpc) is 2.64. The fraction of sp³-hybridized carbons (Fsp3) is 0.867. The number of hydrogen-bond acceptors (Lipinski definition) is 4. The topological polar surface area (TPSA) is 83.6 Å². The summed E-state index contributed by atoms with van der Waals surface area (Å²) in [5, 5.41) is 2.95. The Morgan fingerprint density at radius 3 is 2.27 bits per heavy atom. The van der Waals surface area contributed by atoms with Crippen LogP contribution in [-0.2, 0) is 19.4 Å². The summed E-state index contributed by atoms with van der Waals surface area (Å²) >= 11 is 0. The Kier molecular flexibility index (Phi) is 5.83. The van der Waals surface area contributed by atoms with Crippen LogP contribution in [0.1, 0.15) is 51.4 Å². The van der Waals surface area contributed by atoms with Crippen molar-refractivity contribution in [1.82, 2.24) is 10.2 Å². The van der Waals surface area contributed by atoms with Gasteiger partial charge in [-0.1, -0.05) is 25.7 Å². The molecular formula is C15H26N2O4S. The van der Waals surface area contributed by atoms with E-state index in [4.69, 9.17) is 0 Å². The van der Waals surface area contributed by atoms with Crippen molar-refractivity contribution in [2.45, 2.75) is 63.5 Å². The first-order valence-electron chi connectivity index (χ1n) is 8.13. The number of amides is 2. The molecule has 7 heteroatoms. The van der Waals surface area contributed by atoms with Crippen LogP contribution in [0.5, 0.6) is 0 Å². The van der Waals surface area contributed by atoms with Crippen LogP contribution in [0.4, 0.5) is 0 Å². The van der Waals surface area contributed by atoms with Crippen molar-refractivity contribution in [3.05, 3.63) is 0 Å². The average molecular weight is 330 g/mol. The lowest BCUT2D eigenvalue weighted by Gasteiger charge is -2.24. The summed E-state index contributed by atoms with van der Waals surface area (Å²) in [7, 11) is -1.43. The lowest BCUT2D eigenvalue weighted by molar-refractivity contribution is -0.136. The third kappa shape index (κ3) is 4.97. The molecule has 22 heavy (non-hydrogen) atoms. The van der Waals surface area contributed by atoms with E-state index < -0.39 is 9.84 Å². The molecule has 2 fully saturated rings. The molecule has 0 spiro atoms. The molecule has 2 rings (SSSR count). The van der Waals surface area contributed by atoms with Gasteiger partial charge in [0.2, 0.25) is 11.8 Å². The van der Waals surface area contributed by atoms with E-state index in [9.17, 15) is 18.0 Å². The SMILES string of the molecule is CN(C(=O)CC(=O)NC1CCCCCC1)C1CCS(=O)(=O)C1. The van der Waals surface area contributed by atoms with E-state index in [-0.39, 0.29) is 41.8 Å². The molecule has 0 bridgehead atoms. The highest BCUT2D eigenvalue weighted by atomic mass is 32.2. The van der Waals surface area contributed by atoms with Crippen molar-refractivity contribution in [2.24, 2.45) is 0 Å². The van der Waals surface area contributed by atoms with Gasteiger partial charge in [0.15, 0.2) is 9.84 Å². The normalized spacial score (nSPS) is 25.4. The number of carbonyl (C=O) groups excluding carboxylic acids is 2. The van der Waals surface area contributed by atoms with Gasteiger partial charge in [0, 0.05) is 19.1 Å². The van der Waals surface area contributed by atoms with E-state index in [1.807, 2.05) is 0 Å². The lowest BCUT2D eigenvalue weighted by atomic mass is 10.1. The maximum absolute atomic E-state index is 12.1. The third-order valence-electron chi connectivity index (χ3n) is 4.68. The molecule has 1 aliphatic heterocycles. The molecule has 2 aliphatic rings. The Labute approximate surface area is 132 Å². The van der Waals surface area contributed by atoms with Gasteiger partial charge in [-0.15, -0.1) is 0 Å². The minimum Gasteiger partial charge on any atom is -0.353 e. The van der Waals surface area contributed by atoms with E-state index >= 15 is 0 Å². The summed E-state index contributed by atoms with van der Waals surface area (Å²) in [5.74, 6) is -0.402. The van der Waals surface area contributed by atoms with Crippen molar-refractivity contribution in [3.8, 4) is 0 Å². The maximum atomic E-state index is 12.1. The Morgan fingerprint density at radius 1 is 1.09 bits per heavy atom. The monoisotopic (exact) mass is 330 g/mol. The zero-order valence-electron chi connectivity index (χ0n) is 13.2. The third-order valence-corrected chi connectivity index (χ3v) is 6.43. The van der Waals surface area contributed by atoms with Crippen molar-refractivity contribution >= 4 is 21.7 Å². The molecule has 1 atom stereocenters. The second kappa shape index (κ2) is 7.44. The predicted octanol–water partition coefficient (Wildman–Crippen LogP) is 0.861. The van der Waals surface area contributed by atoms with Crippen molar-refractivity contribution in [1.29, 1.82) is 0 Å². The molecule has 1 aliphatic carbocycles. The summed E-state index contributed by atoms with van der Waals surface area (Å²) in [4.78, 5) is 25.6. The van der Waals surface area contributed by atoms with Crippen LogP contribution in [0.15, 0.2) is 0 Å². The number of carbonyl (C=O) groups is 2. The summed E-state index contributed by atoms with van der Waals surface area (Å²) in [6.07, 6.45) is 6.91. The molecule has 0 aromatic heterocycles. The van der Waals surface area contributed by atoms with E-state index in [0.717, 1.165) is 25.7 Å². The quantitative estimate of drug-likeness (QED) is 0.612. The van der Waals surface area contributed by atoms with Crippen LogP contribution >= 0.6 is 0 Å². The molecule has 0 radical (unpaired) electrons. The minimum atomic E-state index is -3.02. The van der Waals surface area contributed by atoms with Gasteiger partial charge >= 0.3 is 0 Å². The van der Waals surface area contributed by atoms with Crippen LogP contribution in [0.25, 0.3) is 0 Å². The molecular weight excluding hydrogens is 304 g/mol. The van der Waals surface area contributed by atoms with E-state index in [2.05, 4.69) is 5.32 Å². The second-order valence-corrected chi connectivity index (χ2v) is 8.72. The molecule has 1 unspecified atom stereocenters. The highest BCUT2D eigenvalue weighted by Crippen LogP contribution is 2.18. The standard InChI is InChI=1S/C15H26N2O4S/c1-17(13-8-9-22(20,21)11-13)15(19)10-14(18)16-12-6-4-2-3-5-7-12/h12-13H,2-11H2,1H3,(H,16,18). The highest BCUT2D eigenvalue weighted by Gasteiger charge is 2.33. The zero-order chi connectivity index (χ0) is 16.2. The molecule has 0 aromatic carbocycles. The Morgan fingerprint density at radius 2 is 1.73 bits per heavy atom. The first-order valence-corrected chi connectivity index (χ1v) is 9.95. The summed E-state index contributed by atoms with van der Waals surface area (Å²) < 4.78 is 22.9. The molecule has 1 N–H and O–H groups in total. The highest BCUT2D eigenvalue weighted by molar-refractivity contribution is 7.91. The van der Waals surface area contributed by atoms with E-state index in [1.54, 1.807) is 7.05 Å². The van der Waals surface area contributed by atoms with Crippen LogP contribution in [-0.4, -0.2) is 55.8 Å². The first-order chi connectivity index (χ1) is 10.4. The van der Waals surface area contributed by atoms with Gasteiger partial charge < -0.3 is 10.2 Å². The molecule has 1 heterocycles. The van der Waals surface area contributed by atoms with Gasteiger partial charge in [0.05, 0.1) is 11.5 Å². The van der Waals surface area contributed by atoms with Crippen LogP contribution in [0.2, 0.25) is 0 Å². The second-order valence-electron chi connectivity index (χ2n) is 6.49. The van der Waals surface area contributed by atoms with Gasteiger partial charge in [-0.25, -0.2) is 8.42 Å². The number of hydrogen-bond donors (Lipinski definition) is 1. The fourth-order valence-corrected chi connectivity index (χ4v) is 5.02. The Balaban J connectivity index is 1.79.